The lowest BCUT2D eigenvalue weighted by molar-refractivity contribution is 0.366. The van der Waals surface area contributed by atoms with Gasteiger partial charge in [-0.25, -0.2) is 4.99 Å². The van der Waals surface area contributed by atoms with Crippen LogP contribution in [0.2, 0.25) is 0 Å². The maximum Gasteiger partial charge on any atom is 0.211 e. The Balaban J connectivity index is 2.41. The number of unbranched alkanes of at least 4 members (excludes halogenated alkanes) is 1. The Morgan fingerprint density at radius 1 is 1.22 bits per heavy atom. The van der Waals surface area contributed by atoms with Gasteiger partial charge in [0.1, 0.15) is 5.84 Å². The highest BCUT2D eigenvalue weighted by atomic mass is 15.3. The summed E-state index contributed by atoms with van der Waals surface area (Å²) in [5.74, 6) is -0.0322. The molecule has 0 amide bonds. The molecule has 1 aromatic rings. The lowest BCUT2D eigenvalue weighted by Gasteiger charge is -2.36. The first kappa shape index (κ1) is 17.3. The van der Waals surface area contributed by atoms with Crippen molar-refractivity contribution in [3.05, 3.63) is 41.6 Å². The van der Waals surface area contributed by atoms with Gasteiger partial charge in [-0.05, 0) is 44.9 Å². The van der Waals surface area contributed by atoms with Gasteiger partial charge in [0.15, 0.2) is 0 Å². The van der Waals surface area contributed by atoms with E-state index in [9.17, 15) is 0 Å². The molecule has 1 unspecified atom stereocenters. The number of hydrogen-bond acceptors (Lipinski definition) is 5. The number of anilines is 1. The smallest absolute Gasteiger partial charge is 0.211 e. The molecule has 5 N–H and O–H groups in total. The van der Waals surface area contributed by atoms with Crippen molar-refractivity contribution in [1.82, 2.24) is 10.2 Å². The molecule has 0 spiro atoms. The van der Waals surface area contributed by atoms with E-state index in [-0.39, 0.29) is 0 Å². The number of benzene rings is 1. The molecule has 5 heteroatoms. The summed E-state index contributed by atoms with van der Waals surface area (Å²) in [5.41, 5.74) is 15.3. The van der Waals surface area contributed by atoms with Crippen LogP contribution in [-0.4, -0.2) is 23.8 Å². The Labute approximate surface area is 139 Å². The number of hydrogen-bond donors (Lipinski definition) is 3. The molecule has 1 atom stereocenters. The van der Waals surface area contributed by atoms with E-state index in [2.05, 4.69) is 37.1 Å². The highest BCUT2D eigenvalue weighted by molar-refractivity contribution is 5.94. The van der Waals surface area contributed by atoms with Crippen LogP contribution in [0.1, 0.15) is 45.6 Å². The summed E-state index contributed by atoms with van der Waals surface area (Å²) >= 11 is 0. The molecular weight excluding hydrogens is 286 g/mol. The number of allylic oxidation sites excluding steroid dienone is 1. The van der Waals surface area contributed by atoms with Gasteiger partial charge in [-0.2, -0.15) is 0 Å². The van der Waals surface area contributed by atoms with Gasteiger partial charge in [-0.1, -0.05) is 25.5 Å². The average Bonchev–Trinajstić information content (AvgIpc) is 2.54. The van der Waals surface area contributed by atoms with E-state index < -0.39 is 5.79 Å². The largest absolute Gasteiger partial charge is 0.399 e. The molecule has 23 heavy (non-hydrogen) atoms. The summed E-state index contributed by atoms with van der Waals surface area (Å²) in [6, 6.07) is 7.63. The minimum absolute atomic E-state index is 0.693. The van der Waals surface area contributed by atoms with Gasteiger partial charge in [0, 0.05) is 30.0 Å². The second kappa shape index (κ2) is 7.51. The fourth-order valence-electron chi connectivity index (χ4n) is 2.80. The molecule has 0 saturated heterocycles. The Hall–Kier alpha value is -2.01. The van der Waals surface area contributed by atoms with Gasteiger partial charge in [0.05, 0.1) is 0 Å². The zero-order valence-electron chi connectivity index (χ0n) is 14.5. The number of likely N-dealkylation sites (N-methyl/N-ethyl adjacent to an activating group) is 1. The van der Waals surface area contributed by atoms with E-state index in [4.69, 9.17) is 16.5 Å². The van der Waals surface area contributed by atoms with Crippen LogP contribution in [-0.2, 0) is 5.79 Å². The molecule has 1 aliphatic rings. The molecule has 1 aromatic carbocycles. The topological polar surface area (TPSA) is 79.7 Å². The summed E-state index contributed by atoms with van der Waals surface area (Å²) in [6.45, 7) is 8.26. The van der Waals surface area contributed by atoms with Gasteiger partial charge in [0.25, 0.3) is 0 Å². The van der Waals surface area contributed by atoms with Gasteiger partial charge in [-0.3, -0.25) is 5.73 Å². The predicted molar refractivity (Wildman–Crippen MR) is 97.8 cm³/mol. The van der Waals surface area contributed by atoms with E-state index in [1.807, 2.05) is 24.3 Å². The van der Waals surface area contributed by atoms with E-state index in [1.54, 1.807) is 0 Å². The third-order valence-corrected chi connectivity index (χ3v) is 4.16. The van der Waals surface area contributed by atoms with E-state index in [1.165, 1.54) is 0 Å². The molecule has 0 aromatic heterocycles. The molecule has 5 nitrogen and oxygen atoms in total. The molecule has 0 radical (unpaired) electrons. The van der Waals surface area contributed by atoms with Crippen LogP contribution in [0.3, 0.4) is 0 Å². The number of nitrogen functional groups attached to an aromatic ring is 1. The first-order valence-corrected chi connectivity index (χ1v) is 8.50. The summed E-state index contributed by atoms with van der Waals surface area (Å²) in [5, 5.41) is 3.41. The van der Waals surface area contributed by atoms with E-state index in [0.29, 0.717) is 5.69 Å². The van der Waals surface area contributed by atoms with Crippen LogP contribution in [0.4, 0.5) is 5.69 Å². The molecule has 126 valence electrons. The fraction of sp³-hybridized carbons (Fsp3) is 0.500. The zero-order valence-corrected chi connectivity index (χ0v) is 14.5. The molecule has 0 bridgehead atoms. The average molecular weight is 315 g/mol. The van der Waals surface area contributed by atoms with Crippen LogP contribution >= 0.6 is 0 Å². The van der Waals surface area contributed by atoms with Crippen LogP contribution in [0, 0.1) is 0 Å². The second-order valence-electron chi connectivity index (χ2n) is 5.93. The summed E-state index contributed by atoms with van der Waals surface area (Å²) < 4.78 is 0. The molecule has 1 heterocycles. The lowest BCUT2D eigenvalue weighted by Crippen LogP contribution is -2.52. The van der Waals surface area contributed by atoms with Crippen molar-refractivity contribution in [3.63, 3.8) is 0 Å². The summed E-state index contributed by atoms with van der Waals surface area (Å²) in [6.07, 6.45) is 5.36. The van der Waals surface area contributed by atoms with Crippen molar-refractivity contribution in [3.8, 4) is 0 Å². The first-order chi connectivity index (χ1) is 11.0. The molecule has 2 rings (SSSR count). The highest BCUT2D eigenvalue weighted by Gasteiger charge is 2.31. The van der Waals surface area contributed by atoms with Gasteiger partial charge in [0.2, 0.25) is 5.79 Å². The minimum atomic E-state index is -0.967. The zero-order chi connectivity index (χ0) is 16.9. The molecular formula is C18H29N5. The standard InChI is InChI=1S/C18H29N5/c1-4-7-11-16-13-17(23(5-2)6-3)22-18(20,21-16)14-9-8-10-15(19)12-14/h8-10,12-13,21H,4-7,11,19-20H2,1-3H3. The second-order valence-corrected chi connectivity index (χ2v) is 5.93. The van der Waals surface area contributed by atoms with Crippen molar-refractivity contribution >= 4 is 11.5 Å². The third kappa shape index (κ3) is 4.05. The SMILES string of the molecule is CCCCC1=CC(N(CC)CC)=NC(N)(c2cccc(N)c2)N1. The molecule has 0 aliphatic carbocycles. The van der Waals surface area contributed by atoms with Crippen molar-refractivity contribution in [2.24, 2.45) is 10.7 Å². The normalized spacial score (nSPS) is 20.5. The number of nitrogens with two attached hydrogens (primary N) is 2. The Kier molecular flexibility index (Phi) is 5.66. The Bertz CT molecular complexity index is 589. The maximum atomic E-state index is 6.63. The van der Waals surface area contributed by atoms with Gasteiger partial charge >= 0.3 is 0 Å². The van der Waals surface area contributed by atoms with Crippen LogP contribution in [0.25, 0.3) is 0 Å². The van der Waals surface area contributed by atoms with Crippen LogP contribution < -0.4 is 16.8 Å². The van der Waals surface area contributed by atoms with Crippen LogP contribution in [0.5, 0.6) is 0 Å². The summed E-state index contributed by atoms with van der Waals surface area (Å²) in [7, 11) is 0. The summed E-state index contributed by atoms with van der Waals surface area (Å²) in [4.78, 5) is 7.03. The lowest BCUT2D eigenvalue weighted by atomic mass is 10.0. The molecule has 0 fully saturated rings. The monoisotopic (exact) mass is 315 g/mol. The van der Waals surface area contributed by atoms with Crippen molar-refractivity contribution in [2.45, 2.75) is 45.8 Å². The first-order valence-electron chi connectivity index (χ1n) is 8.50. The maximum absolute atomic E-state index is 6.63. The van der Waals surface area contributed by atoms with Crippen molar-refractivity contribution in [2.75, 3.05) is 18.8 Å². The minimum Gasteiger partial charge on any atom is -0.399 e. The highest BCUT2D eigenvalue weighted by Crippen LogP contribution is 2.26. The van der Waals surface area contributed by atoms with E-state index >= 15 is 0 Å². The van der Waals surface area contributed by atoms with Crippen molar-refractivity contribution in [1.29, 1.82) is 0 Å². The van der Waals surface area contributed by atoms with E-state index in [0.717, 1.165) is 49.4 Å². The molecule has 0 saturated carbocycles. The number of rotatable bonds is 6. The van der Waals surface area contributed by atoms with Gasteiger partial charge in [-0.15, -0.1) is 0 Å². The quantitative estimate of drug-likeness (QED) is 0.705. The third-order valence-electron chi connectivity index (χ3n) is 4.16. The fourth-order valence-corrected chi connectivity index (χ4v) is 2.80. The van der Waals surface area contributed by atoms with Gasteiger partial charge < -0.3 is 16.0 Å². The van der Waals surface area contributed by atoms with Crippen LogP contribution in [0.15, 0.2) is 41.0 Å². The number of aliphatic imine (C=N–C) groups is 1. The number of amidine groups is 1. The Morgan fingerprint density at radius 3 is 2.57 bits per heavy atom. The number of nitrogens with zero attached hydrogens (tertiary/aromatic N) is 2. The predicted octanol–water partition coefficient (Wildman–Crippen LogP) is 2.76. The number of nitrogens with one attached hydrogen (secondary N) is 1. The molecule has 1 aliphatic heterocycles. The van der Waals surface area contributed by atoms with Crippen molar-refractivity contribution < 1.29 is 0 Å². The Morgan fingerprint density at radius 2 is 1.96 bits per heavy atom.